The highest BCUT2D eigenvalue weighted by atomic mass is 35.5. The van der Waals surface area contributed by atoms with Crippen molar-refractivity contribution in [1.82, 2.24) is 14.8 Å². The average molecular weight is 408 g/mol. The zero-order valence-corrected chi connectivity index (χ0v) is 17.0. The highest BCUT2D eigenvalue weighted by Crippen LogP contribution is 2.38. The third-order valence-corrected chi connectivity index (χ3v) is 6.18. The van der Waals surface area contributed by atoms with Crippen molar-refractivity contribution in [3.63, 3.8) is 0 Å². The first-order chi connectivity index (χ1) is 13.9. The molecule has 0 atom stereocenters. The molecule has 0 bridgehead atoms. The van der Waals surface area contributed by atoms with Crippen molar-refractivity contribution in [1.29, 1.82) is 0 Å². The van der Waals surface area contributed by atoms with Gasteiger partial charge in [0.25, 0.3) is 5.91 Å². The summed E-state index contributed by atoms with van der Waals surface area (Å²) in [5.74, 6) is 0.844. The molecule has 1 fully saturated rings. The van der Waals surface area contributed by atoms with Crippen LogP contribution < -0.4 is 10.1 Å². The summed E-state index contributed by atoms with van der Waals surface area (Å²) in [5, 5.41) is 5.22. The normalized spacial score (nSPS) is 17.7. The number of amides is 1. The van der Waals surface area contributed by atoms with Crippen molar-refractivity contribution in [2.45, 2.75) is 18.6 Å². The van der Waals surface area contributed by atoms with Gasteiger partial charge in [0.2, 0.25) is 0 Å². The second-order valence-corrected chi connectivity index (χ2v) is 8.27. The number of hydrogen-bond acceptors (Lipinski definition) is 3. The molecule has 6 heteroatoms. The standard InChI is InChI=1S/C23H22ClN3O2/c1-15-19-14-18(24)5-6-21(19)29-23(25-15)8-11-27(12-9-23)22(28)17-4-3-16-7-10-26(2)20(16)13-17/h3-7,10,13-14,25H,1,8-9,11-12H2,2H3. The minimum absolute atomic E-state index is 0.0600. The van der Waals surface area contributed by atoms with Crippen molar-refractivity contribution >= 4 is 34.1 Å². The number of aromatic nitrogens is 1. The predicted octanol–water partition coefficient (Wildman–Crippen LogP) is 4.42. The monoisotopic (exact) mass is 407 g/mol. The first-order valence-corrected chi connectivity index (χ1v) is 10.1. The van der Waals surface area contributed by atoms with Crippen molar-refractivity contribution in [3.8, 4) is 5.75 Å². The van der Waals surface area contributed by atoms with Crippen LogP contribution >= 0.6 is 11.6 Å². The number of halogens is 1. The van der Waals surface area contributed by atoms with Crippen LogP contribution in [0.5, 0.6) is 5.75 Å². The van der Waals surface area contributed by atoms with Crippen molar-refractivity contribution in [2.75, 3.05) is 13.1 Å². The zero-order valence-electron chi connectivity index (χ0n) is 16.2. The number of nitrogens with zero attached hydrogens (tertiary/aromatic N) is 2. The number of piperidine rings is 1. The highest BCUT2D eigenvalue weighted by molar-refractivity contribution is 6.30. The maximum absolute atomic E-state index is 13.1. The summed E-state index contributed by atoms with van der Waals surface area (Å²) in [4.78, 5) is 15.0. The number of aryl methyl sites for hydroxylation is 1. The van der Waals surface area contributed by atoms with Crippen molar-refractivity contribution in [3.05, 3.63) is 71.4 Å². The van der Waals surface area contributed by atoms with Gasteiger partial charge in [0.15, 0.2) is 5.72 Å². The van der Waals surface area contributed by atoms with Gasteiger partial charge in [-0.05, 0) is 41.8 Å². The Morgan fingerprint density at radius 1 is 1.17 bits per heavy atom. The summed E-state index contributed by atoms with van der Waals surface area (Å²) in [6, 6.07) is 13.5. The molecule has 3 aromatic rings. The number of ether oxygens (including phenoxy) is 1. The van der Waals surface area contributed by atoms with E-state index in [1.54, 1.807) is 0 Å². The molecule has 2 aliphatic heterocycles. The maximum atomic E-state index is 13.1. The smallest absolute Gasteiger partial charge is 0.253 e. The van der Waals surface area contributed by atoms with Crippen LogP contribution in [0.2, 0.25) is 5.02 Å². The molecule has 1 saturated heterocycles. The summed E-state index contributed by atoms with van der Waals surface area (Å²) in [6.07, 6.45) is 3.38. The molecule has 0 saturated carbocycles. The Labute approximate surface area is 174 Å². The first-order valence-electron chi connectivity index (χ1n) is 9.75. The van der Waals surface area contributed by atoms with Gasteiger partial charge >= 0.3 is 0 Å². The van der Waals surface area contributed by atoms with Gasteiger partial charge in [-0.3, -0.25) is 4.79 Å². The minimum Gasteiger partial charge on any atom is -0.467 e. The highest BCUT2D eigenvalue weighted by Gasteiger charge is 2.41. The Kier molecular flexibility index (Phi) is 4.10. The number of carbonyl (C=O) groups is 1. The van der Waals surface area contributed by atoms with E-state index in [-0.39, 0.29) is 5.91 Å². The first kappa shape index (κ1) is 18.1. The predicted molar refractivity (Wildman–Crippen MR) is 115 cm³/mol. The van der Waals surface area contributed by atoms with Crippen LogP contribution in [0.25, 0.3) is 16.6 Å². The van der Waals surface area contributed by atoms with Gasteiger partial charge in [0.05, 0.1) is 0 Å². The van der Waals surface area contributed by atoms with Crippen LogP contribution in [0, 0.1) is 0 Å². The fourth-order valence-electron chi connectivity index (χ4n) is 4.28. The minimum atomic E-state index is -0.531. The quantitative estimate of drug-likeness (QED) is 0.649. The van der Waals surface area contributed by atoms with E-state index in [0.29, 0.717) is 31.0 Å². The number of benzene rings is 2. The lowest BCUT2D eigenvalue weighted by atomic mass is 9.95. The number of hydrogen-bond donors (Lipinski definition) is 1. The molecule has 1 amide bonds. The van der Waals surface area contributed by atoms with Crippen LogP contribution in [0.3, 0.4) is 0 Å². The molecule has 1 aromatic heterocycles. The largest absolute Gasteiger partial charge is 0.467 e. The molecular weight excluding hydrogens is 386 g/mol. The Morgan fingerprint density at radius 2 is 1.97 bits per heavy atom. The van der Waals surface area contributed by atoms with Gasteiger partial charge in [-0.1, -0.05) is 24.2 Å². The third kappa shape index (κ3) is 3.06. The molecule has 3 heterocycles. The maximum Gasteiger partial charge on any atom is 0.253 e. The van der Waals surface area contributed by atoms with Crippen LogP contribution in [0.15, 0.2) is 55.2 Å². The van der Waals surface area contributed by atoms with E-state index >= 15 is 0 Å². The van der Waals surface area contributed by atoms with Gasteiger partial charge in [-0.15, -0.1) is 0 Å². The van der Waals surface area contributed by atoms with Gasteiger partial charge in [0, 0.05) is 66.5 Å². The average Bonchev–Trinajstić information content (AvgIpc) is 3.09. The molecule has 0 aliphatic carbocycles. The SMILES string of the molecule is C=C1NC2(CCN(C(=O)c3ccc4ccn(C)c4c3)CC2)Oc2ccc(Cl)cc21. The van der Waals surface area contributed by atoms with E-state index in [9.17, 15) is 4.79 Å². The number of nitrogens with one attached hydrogen (secondary N) is 1. The fourth-order valence-corrected chi connectivity index (χ4v) is 4.45. The van der Waals surface area contributed by atoms with Crippen molar-refractivity contribution < 1.29 is 9.53 Å². The molecule has 148 valence electrons. The second kappa shape index (κ2) is 6.56. The third-order valence-electron chi connectivity index (χ3n) is 5.94. The van der Waals surface area contributed by atoms with E-state index in [1.165, 1.54) is 0 Å². The molecule has 5 rings (SSSR count). The molecule has 0 radical (unpaired) electrons. The molecular formula is C23H22ClN3O2. The molecule has 5 nitrogen and oxygen atoms in total. The Balaban J connectivity index is 1.33. The van der Waals surface area contributed by atoms with Gasteiger partial charge < -0.3 is 19.5 Å². The fraction of sp³-hybridized carbons (Fsp3) is 0.261. The van der Waals surface area contributed by atoms with Gasteiger partial charge in [-0.25, -0.2) is 0 Å². The number of carbonyl (C=O) groups excluding carboxylic acids is 1. The Hall–Kier alpha value is -2.92. The topological polar surface area (TPSA) is 46.5 Å². The Bertz CT molecular complexity index is 1140. The molecule has 1 spiro atoms. The van der Waals surface area contributed by atoms with E-state index in [1.807, 2.05) is 59.1 Å². The molecule has 29 heavy (non-hydrogen) atoms. The van der Waals surface area contributed by atoms with Gasteiger partial charge in [0.1, 0.15) is 5.75 Å². The summed E-state index contributed by atoms with van der Waals surface area (Å²) in [6.45, 7) is 5.38. The molecule has 2 aliphatic rings. The van der Waals surface area contributed by atoms with Crippen LogP contribution in [-0.2, 0) is 7.05 Å². The lowest BCUT2D eigenvalue weighted by Gasteiger charge is -2.46. The second-order valence-electron chi connectivity index (χ2n) is 7.83. The summed E-state index contributed by atoms with van der Waals surface area (Å²) in [5.41, 5.74) is 2.95. The summed E-state index contributed by atoms with van der Waals surface area (Å²) < 4.78 is 8.34. The number of likely N-dealkylation sites (tertiary alicyclic amines) is 1. The number of rotatable bonds is 1. The van der Waals surface area contributed by atoms with Crippen molar-refractivity contribution in [2.24, 2.45) is 7.05 Å². The van der Waals surface area contributed by atoms with E-state index in [4.69, 9.17) is 16.3 Å². The number of fused-ring (bicyclic) bond motifs is 2. The summed E-state index contributed by atoms with van der Waals surface area (Å²) >= 11 is 6.10. The lowest BCUT2D eigenvalue weighted by molar-refractivity contribution is -0.0145. The molecule has 1 N–H and O–H groups in total. The molecule has 2 aromatic carbocycles. The van der Waals surface area contributed by atoms with Gasteiger partial charge in [-0.2, -0.15) is 0 Å². The Morgan fingerprint density at radius 3 is 2.76 bits per heavy atom. The van der Waals surface area contributed by atoms with Crippen LogP contribution in [-0.4, -0.2) is 34.2 Å². The van der Waals surface area contributed by atoms with E-state index < -0.39 is 5.72 Å². The lowest BCUT2D eigenvalue weighted by Crippen LogP contribution is -2.58. The van der Waals surface area contributed by atoms with E-state index in [2.05, 4.69) is 18.0 Å². The van der Waals surface area contributed by atoms with Crippen LogP contribution in [0.4, 0.5) is 0 Å². The summed E-state index contributed by atoms with van der Waals surface area (Å²) in [7, 11) is 1.99. The van der Waals surface area contributed by atoms with Crippen LogP contribution in [0.1, 0.15) is 28.8 Å². The molecule has 0 unspecified atom stereocenters. The van der Waals surface area contributed by atoms with E-state index in [0.717, 1.165) is 33.5 Å². The zero-order chi connectivity index (χ0) is 20.2.